The van der Waals surface area contributed by atoms with Gasteiger partial charge >= 0.3 is 7.75 Å². The fourth-order valence-corrected chi connectivity index (χ4v) is 6.44. The molecule has 31 heavy (non-hydrogen) atoms. The van der Waals surface area contributed by atoms with Crippen LogP contribution in [0.4, 0.5) is 0 Å². The molecule has 0 bridgehead atoms. The van der Waals surface area contributed by atoms with E-state index in [0.717, 1.165) is 11.1 Å². The fraction of sp³-hybridized carbons (Fsp3) is 0.391. The maximum Gasteiger partial charge on any atom is 0.461 e. The number of para-hydroxylation sites is 1. The van der Waals surface area contributed by atoms with Gasteiger partial charge in [-0.05, 0) is 30.2 Å². The van der Waals surface area contributed by atoms with Crippen molar-refractivity contribution >= 4 is 7.75 Å². The third-order valence-electron chi connectivity index (χ3n) is 6.48. The van der Waals surface area contributed by atoms with Crippen molar-refractivity contribution in [3.05, 3.63) is 65.7 Å². The SMILES string of the molecule is COc1ccc2c3c1OC1CC(O)C=CC31CCN(P(=O)(OC)Oc1ccccc1)C2. The third kappa shape index (κ3) is 3.28. The number of hydrogen-bond acceptors (Lipinski definition) is 6. The Bertz CT molecular complexity index is 1060. The molecular weight excluding hydrogens is 417 g/mol. The minimum Gasteiger partial charge on any atom is -0.493 e. The van der Waals surface area contributed by atoms with Crippen LogP contribution in [0.1, 0.15) is 24.0 Å². The number of methoxy groups -OCH3 is 1. The molecule has 2 aliphatic heterocycles. The molecule has 4 unspecified atom stereocenters. The second-order valence-corrected chi connectivity index (χ2v) is 10.2. The molecule has 1 aliphatic carbocycles. The maximum atomic E-state index is 13.8. The maximum absolute atomic E-state index is 13.8. The van der Waals surface area contributed by atoms with Crippen LogP contribution >= 0.6 is 7.75 Å². The third-order valence-corrected chi connectivity index (χ3v) is 8.41. The fourth-order valence-electron chi connectivity index (χ4n) is 4.96. The predicted octanol–water partition coefficient (Wildman–Crippen LogP) is 4.05. The largest absolute Gasteiger partial charge is 0.493 e. The van der Waals surface area contributed by atoms with Crippen LogP contribution in [0.15, 0.2) is 54.6 Å². The quantitative estimate of drug-likeness (QED) is 0.552. The van der Waals surface area contributed by atoms with Crippen LogP contribution < -0.4 is 14.0 Å². The zero-order valence-corrected chi connectivity index (χ0v) is 18.5. The van der Waals surface area contributed by atoms with E-state index in [1.807, 2.05) is 36.4 Å². The molecule has 0 saturated carbocycles. The lowest BCUT2D eigenvalue weighted by atomic mass is 9.69. The molecule has 2 aromatic rings. The molecular formula is C23H26NO6P. The summed E-state index contributed by atoms with van der Waals surface area (Å²) >= 11 is 0. The van der Waals surface area contributed by atoms with Gasteiger partial charge in [0.2, 0.25) is 0 Å². The van der Waals surface area contributed by atoms with E-state index in [9.17, 15) is 9.67 Å². The molecule has 5 rings (SSSR count). The Balaban J connectivity index is 1.57. The Labute approximate surface area is 181 Å². The topological polar surface area (TPSA) is 77.5 Å². The minimum atomic E-state index is -3.59. The van der Waals surface area contributed by atoms with Crippen LogP contribution in [0.3, 0.4) is 0 Å². The molecule has 164 valence electrons. The second kappa shape index (κ2) is 7.68. The average molecular weight is 443 g/mol. The molecule has 1 N–H and O–H groups in total. The summed E-state index contributed by atoms with van der Waals surface area (Å²) in [6.45, 7) is 0.868. The normalized spacial score (nSPS) is 28.6. The first kappa shape index (κ1) is 20.6. The van der Waals surface area contributed by atoms with E-state index in [-0.39, 0.29) is 6.10 Å². The summed E-state index contributed by atoms with van der Waals surface area (Å²) in [6, 6.07) is 12.9. The van der Waals surface area contributed by atoms with Gasteiger partial charge in [0.25, 0.3) is 0 Å². The van der Waals surface area contributed by atoms with Gasteiger partial charge in [0.05, 0.1) is 18.6 Å². The Morgan fingerprint density at radius 3 is 2.74 bits per heavy atom. The molecule has 0 aromatic heterocycles. The first-order valence-corrected chi connectivity index (χ1v) is 11.9. The first-order chi connectivity index (χ1) is 15.0. The molecule has 2 aromatic carbocycles. The van der Waals surface area contributed by atoms with Crippen LogP contribution in [0.5, 0.6) is 17.2 Å². The first-order valence-electron chi connectivity index (χ1n) is 10.4. The number of hydrogen-bond donors (Lipinski definition) is 1. The summed E-state index contributed by atoms with van der Waals surface area (Å²) in [4.78, 5) is 0. The van der Waals surface area contributed by atoms with Crippen molar-refractivity contribution in [2.75, 3.05) is 20.8 Å². The highest BCUT2D eigenvalue weighted by Gasteiger charge is 2.54. The lowest BCUT2D eigenvalue weighted by Crippen LogP contribution is -2.42. The van der Waals surface area contributed by atoms with Gasteiger partial charge in [0.15, 0.2) is 11.5 Å². The molecule has 1 spiro atoms. The molecule has 3 aliphatic rings. The Morgan fingerprint density at radius 2 is 2.00 bits per heavy atom. The van der Waals surface area contributed by atoms with Crippen LogP contribution in [-0.4, -0.2) is 42.7 Å². The van der Waals surface area contributed by atoms with Crippen molar-refractivity contribution in [1.82, 2.24) is 4.67 Å². The number of aliphatic hydroxyl groups is 1. The lowest BCUT2D eigenvalue weighted by Gasteiger charge is -2.36. The highest BCUT2D eigenvalue weighted by atomic mass is 31.2. The van der Waals surface area contributed by atoms with E-state index in [4.69, 9.17) is 18.5 Å². The monoisotopic (exact) mass is 443 g/mol. The molecule has 0 saturated heterocycles. The number of benzene rings is 2. The minimum absolute atomic E-state index is 0.213. The van der Waals surface area contributed by atoms with E-state index < -0.39 is 19.3 Å². The molecule has 2 heterocycles. The summed E-state index contributed by atoms with van der Waals surface area (Å²) in [5.41, 5.74) is 1.62. The molecule has 0 radical (unpaired) electrons. The van der Waals surface area contributed by atoms with Gasteiger partial charge in [0, 0.05) is 32.2 Å². The van der Waals surface area contributed by atoms with E-state index in [1.54, 1.807) is 23.9 Å². The van der Waals surface area contributed by atoms with Crippen molar-refractivity contribution in [2.24, 2.45) is 0 Å². The van der Waals surface area contributed by atoms with Crippen LogP contribution in [0, 0.1) is 0 Å². The van der Waals surface area contributed by atoms with Gasteiger partial charge < -0.3 is 19.1 Å². The Morgan fingerprint density at radius 1 is 1.19 bits per heavy atom. The number of ether oxygens (including phenoxy) is 2. The van der Waals surface area contributed by atoms with Crippen molar-refractivity contribution in [3.63, 3.8) is 0 Å². The molecule has 7 nitrogen and oxygen atoms in total. The van der Waals surface area contributed by atoms with E-state index in [1.165, 1.54) is 7.11 Å². The molecule has 8 heteroatoms. The number of aliphatic hydroxyl groups excluding tert-OH is 1. The predicted molar refractivity (Wildman–Crippen MR) is 116 cm³/mol. The van der Waals surface area contributed by atoms with Crippen molar-refractivity contribution in [1.29, 1.82) is 0 Å². The molecule has 4 atom stereocenters. The second-order valence-electron chi connectivity index (χ2n) is 8.13. The highest BCUT2D eigenvalue weighted by Crippen LogP contribution is 2.59. The van der Waals surface area contributed by atoms with Gasteiger partial charge in [-0.15, -0.1) is 0 Å². The average Bonchev–Trinajstić information content (AvgIpc) is 3.01. The zero-order valence-electron chi connectivity index (χ0n) is 17.6. The Hall–Kier alpha value is -2.31. The van der Waals surface area contributed by atoms with Crippen molar-refractivity contribution in [3.8, 4) is 17.2 Å². The van der Waals surface area contributed by atoms with Gasteiger partial charge in [0.1, 0.15) is 11.9 Å². The van der Waals surface area contributed by atoms with Gasteiger partial charge in [-0.2, -0.15) is 4.67 Å². The standard InChI is InChI=1S/C23H26NO6P/c1-27-19-9-8-16-15-24(31(26,28-2)30-18-6-4-3-5-7-18)13-12-23-11-10-17(25)14-20(23)29-22(19)21(16)23/h3-11,17,20,25H,12-15H2,1-2H3. The van der Waals surface area contributed by atoms with Crippen molar-refractivity contribution < 1.29 is 28.2 Å². The molecule has 0 fully saturated rings. The summed E-state index contributed by atoms with van der Waals surface area (Å²) in [6.07, 6.45) is 4.28. The number of nitrogens with zero attached hydrogens (tertiary/aromatic N) is 1. The van der Waals surface area contributed by atoms with E-state index >= 15 is 0 Å². The van der Waals surface area contributed by atoms with Crippen LogP contribution in [0.25, 0.3) is 0 Å². The van der Waals surface area contributed by atoms with Crippen molar-refractivity contribution in [2.45, 2.75) is 37.0 Å². The van der Waals surface area contributed by atoms with E-state index in [0.29, 0.717) is 43.2 Å². The van der Waals surface area contributed by atoms with E-state index in [2.05, 4.69) is 6.08 Å². The smallest absolute Gasteiger partial charge is 0.461 e. The lowest BCUT2D eigenvalue weighted by molar-refractivity contribution is 0.0826. The summed E-state index contributed by atoms with van der Waals surface area (Å²) in [5, 5.41) is 10.2. The van der Waals surface area contributed by atoms with Gasteiger partial charge in [-0.25, -0.2) is 4.57 Å². The number of rotatable bonds is 5. The summed E-state index contributed by atoms with van der Waals surface area (Å²) in [5.74, 6) is 1.87. The van der Waals surface area contributed by atoms with Crippen LogP contribution in [0.2, 0.25) is 0 Å². The van der Waals surface area contributed by atoms with Gasteiger partial charge in [-0.1, -0.05) is 36.4 Å². The molecule has 0 amide bonds. The zero-order chi connectivity index (χ0) is 21.6. The van der Waals surface area contributed by atoms with Crippen LogP contribution in [-0.2, 0) is 21.0 Å². The Kier molecular flexibility index (Phi) is 5.10. The highest BCUT2D eigenvalue weighted by molar-refractivity contribution is 7.51. The van der Waals surface area contributed by atoms with Gasteiger partial charge in [-0.3, -0.25) is 4.52 Å². The summed E-state index contributed by atoms with van der Waals surface area (Å²) < 4.78 is 38.8. The summed E-state index contributed by atoms with van der Waals surface area (Å²) in [7, 11) is -0.554.